The van der Waals surface area contributed by atoms with Crippen molar-refractivity contribution in [2.24, 2.45) is 5.92 Å². The smallest absolute Gasteiger partial charge is 0.326 e. The molecule has 1 aliphatic rings. The number of halogens is 1. The van der Waals surface area contributed by atoms with Crippen LogP contribution in [0.4, 0.5) is 4.39 Å². The summed E-state index contributed by atoms with van der Waals surface area (Å²) in [5, 5.41) is 11.3. The molecule has 0 radical (unpaired) electrons. The lowest BCUT2D eigenvalue weighted by atomic mass is 10.2. The maximum atomic E-state index is 13.2. The lowest BCUT2D eigenvalue weighted by molar-refractivity contribution is -0.142. The molecular formula is C13H14FNO4. The van der Waals surface area contributed by atoms with E-state index in [1.165, 1.54) is 18.2 Å². The highest BCUT2D eigenvalue weighted by Crippen LogP contribution is 2.32. The molecule has 0 bridgehead atoms. The van der Waals surface area contributed by atoms with Crippen LogP contribution in [0.5, 0.6) is 5.75 Å². The van der Waals surface area contributed by atoms with Gasteiger partial charge in [-0.05, 0) is 30.9 Å². The lowest BCUT2D eigenvalue weighted by Crippen LogP contribution is -2.44. The number of benzene rings is 1. The van der Waals surface area contributed by atoms with Crippen molar-refractivity contribution in [3.63, 3.8) is 0 Å². The van der Waals surface area contributed by atoms with Gasteiger partial charge in [-0.15, -0.1) is 0 Å². The zero-order valence-electron chi connectivity index (χ0n) is 10.1. The number of hydrogen-bond donors (Lipinski definition) is 2. The molecule has 1 aromatic carbocycles. The molecule has 1 fully saturated rings. The fraction of sp³-hybridized carbons (Fsp3) is 0.385. The molecule has 0 heterocycles. The molecular weight excluding hydrogens is 253 g/mol. The van der Waals surface area contributed by atoms with Crippen LogP contribution in [0.15, 0.2) is 24.3 Å². The SMILES string of the molecule is O=C(COc1ccccc1F)NC(C(=O)O)C1CC1. The first kappa shape index (κ1) is 13.3. The summed E-state index contributed by atoms with van der Waals surface area (Å²) in [7, 11) is 0. The molecule has 1 amide bonds. The highest BCUT2D eigenvalue weighted by Gasteiger charge is 2.37. The molecule has 0 saturated heterocycles. The number of ether oxygens (including phenoxy) is 1. The first-order chi connectivity index (χ1) is 9.08. The van der Waals surface area contributed by atoms with Crippen molar-refractivity contribution in [3.05, 3.63) is 30.1 Å². The zero-order valence-corrected chi connectivity index (χ0v) is 10.1. The molecule has 0 aromatic heterocycles. The second-order valence-electron chi connectivity index (χ2n) is 4.44. The van der Waals surface area contributed by atoms with E-state index in [1.807, 2.05) is 0 Å². The Balaban J connectivity index is 1.84. The topological polar surface area (TPSA) is 75.6 Å². The Bertz CT molecular complexity index is 487. The highest BCUT2D eigenvalue weighted by atomic mass is 19.1. The second-order valence-corrected chi connectivity index (χ2v) is 4.44. The minimum absolute atomic E-state index is 0.00471. The minimum atomic E-state index is -1.05. The van der Waals surface area contributed by atoms with Gasteiger partial charge >= 0.3 is 5.97 Å². The van der Waals surface area contributed by atoms with Crippen molar-refractivity contribution < 1.29 is 23.8 Å². The van der Waals surface area contributed by atoms with Crippen molar-refractivity contribution in [1.82, 2.24) is 5.32 Å². The Morgan fingerprint density at radius 3 is 2.68 bits per heavy atom. The van der Waals surface area contributed by atoms with Crippen LogP contribution in [0, 0.1) is 11.7 Å². The van der Waals surface area contributed by atoms with E-state index in [-0.39, 0.29) is 11.7 Å². The number of carbonyl (C=O) groups is 2. The van der Waals surface area contributed by atoms with E-state index in [0.717, 1.165) is 12.8 Å². The van der Waals surface area contributed by atoms with Crippen LogP contribution in [-0.2, 0) is 9.59 Å². The molecule has 1 aromatic rings. The third-order valence-electron chi connectivity index (χ3n) is 2.87. The Kier molecular flexibility index (Phi) is 3.99. The monoisotopic (exact) mass is 267 g/mol. The molecule has 2 rings (SSSR count). The Hall–Kier alpha value is -2.11. The van der Waals surface area contributed by atoms with Gasteiger partial charge in [0.25, 0.3) is 5.91 Å². The van der Waals surface area contributed by atoms with Gasteiger partial charge in [-0.25, -0.2) is 9.18 Å². The van der Waals surface area contributed by atoms with Crippen molar-refractivity contribution in [3.8, 4) is 5.75 Å². The van der Waals surface area contributed by atoms with E-state index in [4.69, 9.17) is 9.84 Å². The van der Waals surface area contributed by atoms with Crippen LogP contribution in [0.1, 0.15) is 12.8 Å². The van der Waals surface area contributed by atoms with Crippen LogP contribution in [0.25, 0.3) is 0 Å². The van der Waals surface area contributed by atoms with Crippen LogP contribution in [-0.4, -0.2) is 29.6 Å². The van der Waals surface area contributed by atoms with Crippen molar-refractivity contribution in [2.75, 3.05) is 6.61 Å². The second kappa shape index (κ2) is 5.69. The summed E-state index contributed by atoms with van der Waals surface area (Å²) in [6.45, 7) is -0.405. The van der Waals surface area contributed by atoms with Gasteiger partial charge in [0.15, 0.2) is 18.2 Å². The van der Waals surface area contributed by atoms with Gasteiger partial charge in [-0.2, -0.15) is 0 Å². The number of carbonyl (C=O) groups excluding carboxylic acids is 1. The molecule has 0 aliphatic heterocycles. The Morgan fingerprint density at radius 1 is 1.42 bits per heavy atom. The van der Waals surface area contributed by atoms with Crippen molar-refractivity contribution >= 4 is 11.9 Å². The third-order valence-corrected chi connectivity index (χ3v) is 2.87. The standard InChI is InChI=1S/C13H14FNO4/c14-9-3-1-2-4-10(9)19-7-11(16)15-12(13(17)18)8-5-6-8/h1-4,8,12H,5-7H2,(H,15,16)(H,17,18). The molecule has 0 spiro atoms. The van der Waals surface area contributed by atoms with Crippen molar-refractivity contribution in [1.29, 1.82) is 0 Å². The summed E-state index contributed by atoms with van der Waals surface area (Å²) in [4.78, 5) is 22.5. The molecule has 1 aliphatic carbocycles. The average Bonchev–Trinajstić information content (AvgIpc) is 3.19. The Labute approximate surface area is 109 Å². The number of rotatable bonds is 6. The summed E-state index contributed by atoms with van der Waals surface area (Å²) < 4.78 is 18.2. The maximum absolute atomic E-state index is 13.2. The van der Waals surface area contributed by atoms with Gasteiger partial charge in [0, 0.05) is 0 Å². The molecule has 102 valence electrons. The van der Waals surface area contributed by atoms with Crippen molar-refractivity contribution in [2.45, 2.75) is 18.9 Å². The number of hydrogen-bond acceptors (Lipinski definition) is 3. The van der Waals surface area contributed by atoms with E-state index in [9.17, 15) is 14.0 Å². The third kappa shape index (κ3) is 3.67. The van der Waals surface area contributed by atoms with Crippen LogP contribution in [0.2, 0.25) is 0 Å². The summed E-state index contributed by atoms with van der Waals surface area (Å²) in [6.07, 6.45) is 1.59. The number of para-hydroxylation sites is 1. The normalized spacial score (nSPS) is 15.6. The quantitative estimate of drug-likeness (QED) is 0.811. The predicted molar refractivity (Wildman–Crippen MR) is 64.2 cm³/mol. The van der Waals surface area contributed by atoms with E-state index < -0.39 is 30.3 Å². The summed E-state index contributed by atoms with van der Waals surface area (Å²) in [5.74, 6) is -2.22. The van der Waals surface area contributed by atoms with Gasteiger partial charge < -0.3 is 15.2 Å². The van der Waals surface area contributed by atoms with Crippen LogP contribution < -0.4 is 10.1 Å². The maximum Gasteiger partial charge on any atom is 0.326 e. The number of carboxylic acid groups (broad SMARTS) is 1. The molecule has 1 unspecified atom stereocenters. The molecule has 19 heavy (non-hydrogen) atoms. The average molecular weight is 267 g/mol. The Morgan fingerprint density at radius 2 is 2.11 bits per heavy atom. The first-order valence-electron chi connectivity index (χ1n) is 5.97. The van der Waals surface area contributed by atoms with Gasteiger partial charge in [-0.3, -0.25) is 4.79 Å². The minimum Gasteiger partial charge on any atom is -0.481 e. The van der Waals surface area contributed by atoms with Crippen LogP contribution >= 0.6 is 0 Å². The molecule has 6 heteroatoms. The molecule has 2 N–H and O–H groups in total. The van der Waals surface area contributed by atoms with E-state index in [2.05, 4.69) is 5.32 Å². The number of aliphatic carboxylic acids is 1. The van der Waals surface area contributed by atoms with Crippen LogP contribution in [0.3, 0.4) is 0 Å². The van der Waals surface area contributed by atoms with Gasteiger partial charge in [0.2, 0.25) is 0 Å². The number of carboxylic acids is 1. The van der Waals surface area contributed by atoms with Gasteiger partial charge in [0.05, 0.1) is 0 Å². The lowest BCUT2D eigenvalue weighted by Gasteiger charge is -2.14. The predicted octanol–water partition coefficient (Wildman–Crippen LogP) is 1.18. The fourth-order valence-corrected chi connectivity index (χ4v) is 1.73. The summed E-state index contributed by atoms with van der Waals surface area (Å²) in [5.41, 5.74) is 0. The van der Waals surface area contributed by atoms with E-state index >= 15 is 0 Å². The summed E-state index contributed by atoms with van der Waals surface area (Å²) >= 11 is 0. The number of amides is 1. The molecule has 5 nitrogen and oxygen atoms in total. The molecule has 1 saturated carbocycles. The van der Waals surface area contributed by atoms with E-state index in [0.29, 0.717) is 0 Å². The highest BCUT2D eigenvalue weighted by molar-refractivity contribution is 5.84. The number of nitrogens with one attached hydrogen (secondary N) is 1. The largest absolute Gasteiger partial charge is 0.481 e. The van der Waals surface area contributed by atoms with Gasteiger partial charge in [0.1, 0.15) is 6.04 Å². The van der Waals surface area contributed by atoms with E-state index in [1.54, 1.807) is 6.07 Å². The summed E-state index contributed by atoms with van der Waals surface area (Å²) in [6, 6.07) is 4.84. The fourth-order valence-electron chi connectivity index (χ4n) is 1.73. The zero-order chi connectivity index (χ0) is 13.8. The van der Waals surface area contributed by atoms with Gasteiger partial charge in [-0.1, -0.05) is 12.1 Å². The first-order valence-corrected chi connectivity index (χ1v) is 5.97. The molecule has 1 atom stereocenters.